The van der Waals surface area contributed by atoms with E-state index in [1.54, 1.807) is 28.4 Å². The highest BCUT2D eigenvalue weighted by Gasteiger charge is 2.23. The molecule has 0 bridgehead atoms. The van der Waals surface area contributed by atoms with Crippen LogP contribution < -0.4 is 39.5 Å². The number of hydrogen-bond donors (Lipinski definition) is 5. The van der Waals surface area contributed by atoms with Crippen molar-refractivity contribution in [1.82, 2.24) is 15.3 Å². The first kappa shape index (κ1) is 41.7. The molecule has 0 amide bonds. The number of aliphatic hydroxyl groups is 1. The number of nitrogens with one attached hydrogen (secondary N) is 3. The number of H-pyrrole nitrogens is 2. The Morgan fingerprint density at radius 3 is 1.68 bits per heavy atom. The van der Waals surface area contributed by atoms with Crippen molar-refractivity contribution in [1.29, 1.82) is 0 Å². The van der Waals surface area contributed by atoms with E-state index >= 15 is 0 Å². The highest BCUT2D eigenvalue weighted by molar-refractivity contribution is 6.11. The van der Waals surface area contributed by atoms with Crippen LogP contribution in [0.3, 0.4) is 0 Å². The van der Waals surface area contributed by atoms with Crippen LogP contribution in [-0.2, 0) is 17.8 Å². The highest BCUT2D eigenvalue weighted by atomic mass is 16.6. The predicted octanol–water partition coefficient (Wildman–Crippen LogP) is 8.13. The van der Waals surface area contributed by atoms with E-state index in [4.69, 9.17) is 38.9 Å². The summed E-state index contributed by atoms with van der Waals surface area (Å²) in [6.07, 6.45) is -0.361. The molecule has 1 saturated heterocycles. The van der Waals surface area contributed by atoms with E-state index in [9.17, 15) is 5.11 Å². The fraction of sp³-hybridized carbons (Fsp3) is 0.250. The number of ether oxygens (including phenoxy) is 7. The smallest absolute Gasteiger partial charge is 0.129 e. The number of para-hydroxylation sites is 2. The molecule has 6 aromatic carbocycles. The van der Waals surface area contributed by atoms with E-state index in [0.29, 0.717) is 26.2 Å². The number of fused-ring (bicyclic) bond motifs is 6. The first-order valence-corrected chi connectivity index (χ1v) is 19.8. The molecule has 12 nitrogen and oxygen atoms in total. The number of hydrogen-bond acceptors (Lipinski definition) is 10. The molecule has 0 unspecified atom stereocenters. The van der Waals surface area contributed by atoms with E-state index in [2.05, 4.69) is 45.6 Å². The highest BCUT2D eigenvalue weighted by Crippen LogP contribution is 2.35. The minimum Gasteiger partial charge on any atom is -0.497 e. The minimum atomic E-state index is -0.644. The Kier molecular flexibility index (Phi) is 13.9. The second kappa shape index (κ2) is 20.0. The van der Waals surface area contributed by atoms with Gasteiger partial charge in [-0.2, -0.15) is 0 Å². The van der Waals surface area contributed by atoms with Gasteiger partial charge in [0.15, 0.2) is 0 Å². The summed E-state index contributed by atoms with van der Waals surface area (Å²) >= 11 is 0. The van der Waals surface area contributed by atoms with Crippen LogP contribution in [0.15, 0.2) is 121 Å². The van der Waals surface area contributed by atoms with Crippen LogP contribution in [-0.4, -0.2) is 82.1 Å². The molecule has 0 saturated carbocycles. The molecule has 3 heterocycles. The third kappa shape index (κ3) is 10.0. The number of nitrogens with two attached hydrogens (primary N) is 1. The van der Waals surface area contributed by atoms with E-state index in [0.717, 1.165) is 90.5 Å². The van der Waals surface area contributed by atoms with Gasteiger partial charge in [0.2, 0.25) is 0 Å². The molecule has 2 atom stereocenters. The molecular weight excluding hydrogens is 761 g/mol. The Morgan fingerprint density at radius 1 is 0.633 bits per heavy atom. The van der Waals surface area contributed by atoms with Crippen molar-refractivity contribution >= 4 is 43.6 Å². The maximum atomic E-state index is 10.4. The lowest BCUT2D eigenvalue weighted by atomic mass is 10.1. The van der Waals surface area contributed by atoms with Crippen molar-refractivity contribution in [3.8, 4) is 34.5 Å². The molecule has 6 N–H and O–H groups in total. The van der Waals surface area contributed by atoms with Gasteiger partial charge in [-0.3, -0.25) is 0 Å². The number of aliphatic hydroxyl groups excluding tert-OH is 1. The van der Waals surface area contributed by atoms with Gasteiger partial charge in [0.1, 0.15) is 59.9 Å². The monoisotopic (exact) mass is 812 g/mol. The van der Waals surface area contributed by atoms with Crippen LogP contribution in [0.25, 0.3) is 43.6 Å². The van der Waals surface area contributed by atoms with E-state index in [-0.39, 0.29) is 12.7 Å². The Hall–Kier alpha value is -6.44. The molecule has 60 heavy (non-hydrogen) atoms. The molecule has 0 spiro atoms. The van der Waals surface area contributed by atoms with E-state index in [1.807, 2.05) is 91.0 Å². The minimum absolute atomic E-state index is 0.200. The van der Waals surface area contributed by atoms with Gasteiger partial charge in [-0.15, -0.1) is 0 Å². The molecule has 1 fully saturated rings. The van der Waals surface area contributed by atoms with Crippen molar-refractivity contribution in [3.05, 3.63) is 132 Å². The summed E-state index contributed by atoms with van der Waals surface area (Å²) in [5.41, 5.74) is 11.8. The molecule has 1 aliphatic heterocycles. The Morgan fingerprint density at radius 2 is 1.15 bits per heavy atom. The zero-order valence-electron chi connectivity index (χ0n) is 34.3. The largest absolute Gasteiger partial charge is 0.497 e. The zero-order valence-corrected chi connectivity index (χ0v) is 34.3. The second-order valence-corrected chi connectivity index (χ2v) is 14.1. The first-order chi connectivity index (χ1) is 29.4. The number of epoxide rings is 1. The lowest BCUT2D eigenvalue weighted by Crippen LogP contribution is -2.31. The van der Waals surface area contributed by atoms with Crippen LogP contribution in [0.2, 0.25) is 0 Å². The van der Waals surface area contributed by atoms with Crippen LogP contribution >= 0.6 is 0 Å². The molecular formula is C48H52N4O8. The molecule has 12 heteroatoms. The normalized spacial score (nSPS) is 13.5. The molecule has 0 aliphatic carbocycles. The SMILES string of the molecule is COc1ccc(CN)c(OC)c1.COc1ccc(CNC[C@H](O)COc2cccc3[nH]c4ccccc4c23)c(OC)c1.c1ccc2c(c1)[nH]c1cccc(OC[C@@H]3CO3)c12. The Labute approximate surface area is 349 Å². The van der Waals surface area contributed by atoms with Crippen LogP contribution in [0, 0.1) is 0 Å². The summed E-state index contributed by atoms with van der Waals surface area (Å²) in [6.45, 7) is 3.11. The maximum absolute atomic E-state index is 10.4. The van der Waals surface area contributed by atoms with Gasteiger partial charge in [-0.05, 0) is 48.5 Å². The van der Waals surface area contributed by atoms with Crippen molar-refractivity contribution < 1.29 is 38.3 Å². The summed E-state index contributed by atoms with van der Waals surface area (Å²) in [5, 5.41) is 18.2. The topological polar surface area (TPSA) is 158 Å². The quantitative estimate of drug-likeness (QED) is 0.0641. The van der Waals surface area contributed by atoms with Crippen molar-refractivity contribution in [2.24, 2.45) is 5.73 Å². The van der Waals surface area contributed by atoms with Crippen LogP contribution in [0.4, 0.5) is 0 Å². The predicted molar refractivity (Wildman–Crippen MR) is 237 cm³/mol. The summed E-state index contributed by atoms with van der Waals surface area (Å²) in [7, 11) is 6.50. The van der Waals surface area contributed by atoms with Gasteiger partial charge in [-0.25, -0.2) is 0 Å². The molecule has 2 aromatic heterocycles. The Balaban J connectivity index is 0.000000153. The fourth-order valence-electron chi connectivity index (χ4n) is 6.96. The standard InChI is InChI=1S/C24H26N2O4.C15H13NO2.C9H13NO2/c1-28-18-11-10-16(23(12-18)29-2)13-25-14-17(27)15-30-22-9-5-8-21-24(22)19-6-3-4-7-20(19)26-21;1-2-5-12-11(4-1)15-13(16-12)6-3-7-14(15)18-9-10-8-17-10;1-11-8-4-3-7(6-10)9(5-8)12-2/h3-12,17,25-27H,13-15H2,1-2H3;1-7,10,16H,8-9H2;3-5H,6,10H2,1-2H3/t17-;10-;/m00./s1. The van der Waals surface area contributed by atoms with Crippen molar-refractivity contribution in [2.75, 3.05) is 54.8 Å². The Bertz CT molecular complexity index is 2640. The van der Waals surface area contributed by atoms with Crippen LogP contribution in [0.1, 0.15) is 11.1 Å². The summed E-state index contributed by atoms with van der Waals surface area (Å²) < 4.78 is 37.8. The first-order valence-electron chi connectivity index (χ1n) is 19.8. The third-order valence-corrected chi connectivity index (χ3v) is 10.1. The van der Waals surface area contributed by atoms with Gasteiger partial charge >= 0.3 is 0 Å². The number of rotatable bonds is 15. The zero-order chi connectivity index (χ0) is 41.8. The second-order valence-electron chi connectivity index (χ2n) is 14.1. The van der Waals surface area contributed by atoms with Crippen molar-refractivity contribution in [3.63, 3.8) is 0 Å². The summed E-state index contributed by atoms with van der Waals surface area (Å²) in [6, 6.07) is 39.7. The molecule has 9 rings (SSSR count). The number of methoxy groups -OCH3 is 4. The lowest BCUT2D eigenvalue weighted by molar-refractivity contribution is 0.107. The van der Waals surface area contributed by atoms with Crippen molar-refractivity contribution in [2.45, 2.75) is 25.3 Å². The lowest BCUT2D eigenvalue weighted by Gasteiger charge is -2.15. The van der Waals surface area contributed by atoms with Gasteiger partial charge < -0.3 is 59.3 Å². The number of benzene rings is 6. The number of aromatic nitrogens is 2. The van der Waals surface area contributed by atoms with Crippen LogP contribution in [0.5, 0.6) is 34.5 Å². The fourth-order valence-corrected chi connectivity index (χ4v) is 6.96. The van der Waals surface area contributed by atoms with Gasteiger partial charge in [0.25, 0.3) is 0 Å². The average molecular weight is 813 g/mol. The summed E-state index contributed by atoms with van der Waals surface area (Å²) in [5.74, 6) is 4.75. The molecule has 312 valence electrons. The van der Waals surface area contributed by atoms with Gasteiger partial charge in [0.05, 0.1) is 46.1 Å². The molecule has 1 aliphatic rings. The molecule has 8 aromatic rings. The van der Waals surface area contributed by atoms with E-state index in [1.165, 1.54) is 5.39 Å². The summed E-state index contributed by atoms with van der Waals surface area (Å²) in [4.78, 5) is 6.81. The van der Waals surface area contributed by atoms with Gasteiger partial charge in [0, 0.05) is 75.5 Å². The number of aromatic amines is 2. The molecule has 0 radical (unpaired) electrons. The maximum Gasteiger partial charge on any atom is 0.129 e. The average Bonchev–Trinajstić information content (AvgIpc) is 3.93. The van der Waals surface area contributed by atoms with E-state index < -0.39 is 6.10 Å². The van der Waals surface area contributed by atoms with Gasteiger partial charge in [-0.1, -0.05) is 60.7 Å². The third-order valence-electron chi connectivity index (χ3n) is 10.1.